The van der Waals surface area contributed by atoms with Crippen molar-refractivity contribution in [2.45, 2.75) is 45.6 Å². The van der Waals surface area contributed by atoms with Crippen LogP contribution in [0.2, 0.25) is 0 Å². The standard InChI is InChI=1S/C14H24N2O5/c1-9(2)10-4-3-6-16(7-5-10)14(21)15-11(13(19)20)8-12(17)18/h9-11H,3-8H2,1-2H3,(H,15,21)(H,17,18)(H,19,20). The summed E-state index contributed by atoms with van der Waals surface area (Å²) < 4.78 is 0. The fraction of sp³-hybridized carbons (Fsp3) is 0.786. The number of amides is 2. The van der Waals surface area contributed by atoms with E-state index < -0.39 is 30.4 Å². The molecule has 2 atom stereocenters. The van der Waals surface area contributed by atoms with Gasteiger partial charge in [-0.1, -0.05) is 13.8 Å². The van der Waals surface area contributed by atoms with Crippen LogP contribution < -0.4 is 5.32 Å². The van der Waals surface area contributed by atoms with E-state index in [1.807, 2.05) is 0 Å². The normalized spacial score (nSPS) is 20.7. The smallest absolute Gasteiger partial charge is 0.326 e. The van der Waals surface area contributed by atoms with Crippen LogP contribution in [0.1, 0.15) is 39.5 Å². The number of likely N-dealkylation sites (tertiary alicyclic amines) is 1. The summed E-state index contributed by atoms with van der Waals surface area (Å²) in [4.78, 5) is 35.2. The molecule has 120 valence electrons. The van der Waals surface area contributed by atoms with Gasteiger partial charge in [0.05, 0.1) is 6.42 Å². The Balaban J connectivity index is 2.57. The maximum atomic E-state index is 12.1. The van der Waals surface area contributed by atoms with E-state index >= 15 is 0 Å². The zero-order valence-corrected chi connectivity index (χ0v) is 12.5. The summed E-state index contributed by atoms with van der Waals surface area (Å²) >= 11 is 0. The van der Waals surface area contributed by atoms with Crippen molar-refractivity contribution in [2.24, 2.45) is 11.8 Å². The highest BCUT2D eigenvalue weighted by Crippen LogP contribution is 2.24. The highest BCUT2D eigenvalue weighted by atomic mass is 16.4. The third-order valence-electron chi connectivity index (χ3n) is 3.98. The monoisotopic (exact) mass is 300 g/mol. The van der Waals surface area contributed by atoms with Crippen LogP contribution in [0.5, 0.6) is 0 Å². The Bertz CT molecular complexity index is 397. The van der Waals surface area contributed by atoms with E-state index in [2.05, 4.69) is 19.2 Å². The molecule has 1 saturated heterocycles. The van der Waals surface area contributed by atoms with E-state index in [4.69, 9.17) is 10.2 Å². The maximum absolute atomic E-state index is 12.1. The van der Waals surface area contributed by atoms with Gasteiger partial charge in [-0.25, -0.2) is 9.59 Å². The van der Waals surface area contributed by atoms with E-state index in [0.29, 0.717) is 24.9 Å². The van der Waals surface area contributed by atoms with Gasteiger partial charge in [0.1, 0.15) is 6.04 Å². The number of carbonyl (C=O) groups excluding carboxylic acids is 1. The predicted molar refractivity (Wildman–Crippen MR) is 76.0 cm³/mol. The van der Waals surface area contributed by atoms with Crippen molar-refractivity contribution >= 4 is 18.0 Å². The molecule has 3 N–H and O–H groups in total. The third-order valence-corrected chi connectivity index (χ3v) is 3.98. The minimum absolute atomic E-state index is 0.493. The van der Waals surface area contributed by atoms with Gasteiger partial charge in [0.2, 0.25) is 0 Å². The van der Waals surface area contributed by atoms with Gasteiger partial charge in [-0.2, -0.15) is 0 Å². The van der Waals surface area contributed by atoms with Gasteiger partial charge < -0.3 is 20.4 Å². The SMILES string of the molecule is CC(C)C1CCCN(C(=O)NC(CC(=O)O)C(=O)O)CC1. The molecule has 0 aromatic heterocycles. The van der Waals surface area contributed by atoms with Crippen molar-refractivity contribution < 1.29 is 24.6 Å². The van der Waals surface area contributed by atoms with Gasteiger partial charge in [-0.3, -0.25) is 4.79 Å². The minimum atomic E-state index is -1.39. The van der Waals surface area contributed by atoms with E-state index in [9.17, 15) is 14.4 Å². The summed E-state index contributed by atoms with van der Waals surface area (Å²) in [5.41, 5.74) is 0. The molecule has 1 heterocycles. The summed E-state index contributed by atoms with van der Waals surface area (Å²) in [7, 11) is 0. The molecule has 0 aromatic rings. The Morgan fingerprint density at radius 2 is 1.86 bits per heavy atom. The number of urea groups is 1. The van der Waals surface area contributed by atoms with Crippen molar-refractivity contribution in [3.05, 3.63) is 0 Å². The van der Waals surface area contributed by atoms with Crippen molar-refractivity contribution in [3.8, 4) is 0 Å². The van der Waals surface area contributed by atoms with Gasteiger partial charge in [-0.15, -0.1) is 0 Å². The number of nitrogens with one attached hydrogen (secondary N) is 1. The molecule has 1 aliphatic rings. The average Bonchev–Trinajstić information content (AvgIpc) is 2.62. The van der Waals surface area contributed by atoms with Crippen LogP contribution in [-0.2, 0) is 9.59 Å². The van der Waals surface area contributed by atoms with Crippen LogP contribution >= 0.6 is 0 Å². The lowest BCUT2D eigenvalue weighted by Gasteiger charge is -2.23. The summed E-state index contributed by atoms with van der Waals surface area (Å²) in [6, 6.07) is -1.88. The number of hydrogen-bond donors (Lipinski definition) is 3. The van der Waals surface area contributed by atoms with Gasteiger partial charge >= 0.3 is 18.0 Å². The summed E-state index contributed by atoms with van der Waals surface area (Å²) in [6.45, 7) is 5.48. The van der Waals surface area contributed by atoms with E-state index in [-0.39, 0.29) is 0 Å². The van der Waals surface area contributed by atoms with Gasteiger partial charge in [-0.05, 0) is 31.1 Å². The molecule has 7 nitrogen and oxygen atoms in total. The Hall–Kier alpha value is -1.79. The van der Waals surface area contributed by atoms with E-state index in [0.717, 1.165) is 19.3 Å². The number of aliphatic carboxylic acids is 2. The third kappa shape index (κ3) is 5.61. The van der Waals surface area contributed by atoms with Gasteiger partial charge in [0, 0.05) is 13.1 Å². The molecule has 0 radical (unpaired) electrons. The predicted octanol–water partition coefficient (Wildman–Crippen LogP) is 1.38. The van der Waals surface area contributed by atoms with Crippen LogP contribution in [0, 0.1) is 11.8 Å². The van der Waals surface area contributed by atoms with Crippen LogP contribution in [0.4, 0.5) is 4.79 Å². The van der Waals surface area contributed by atoms with Crippen LogP contribution in [-0.4, -0.2) is 52.2 Å². The van der Waals surface area contributed by atoms with E-state index in [1.54, 1.807) is 4.90 Å². The fourth-order valence-electron chi connectivity index (χ4n) is 2.61. The lowest BCUT2D eigenvalue weighted by Crippen LogP contribution is -2.49. The second kappa shape index (κ2) is 7.85. The van der Waals surface area contributed by atoms with Crippen LogP contribution in [0.15, 0.2) is 0 Å². The summed E-state index contributed by atoms with van der Waals surface area (Å²) in [5.74, 6) is -1.46. The number of hydrogen-bond acceptors (Lipinski definition) is 3. The minimum Gasteiger partial charge on any atom is -0.481 e. The highest BCUT2D eigenvalue weighted by Gasteiger charge is 2.27. The second-order valence-corrected chi connectivity index (χ2v) is 5.86. The quantitative estimate of drug-likeness (QED) is 0.711. The molecule has 2 unspecified atom stereocenters. The zero-order valence-electron chi connectivity index (χ0n) is 12.5. The van der Waals surface area contributed by atoms with Crippen LogP contribution in [0.3, 0.4) is 0 Å². The number of carbonyl (C=O) groups is 3. The number of carboxylic acid groups (broad SMARTS) is 2. The van der Waals surface area contributed by atoms with Gasteiger partial charge in [0.15, 0.2) is 0 Å². The molecule has 1 rings (SSSR count). The van der Waals surface area contributed by atoms with Gasteiger partial charge in [0.25, 0.3) is 0 Å². The van der Waals surface area contributed by atoms with Crippen molar-refractivity contribution in [1.82, 2.24) is 10.2 Å². The lowest BCUT2D eigenvalue weighted by molar-refractivity contribution is -0.145. The lowest BCUT2D eigenvalue weighted by atomic mass is 9.89. The molecule has 0 aliphatic carbocycles. The van der Waals surface area contributed by atoms with Crippen molar-refractivity contribution in [3.63, 3.8) is 0 Å². The molecule has 1 fully saturated rings. The maximum Gasteiger partial charge on any atom is 0.326 e. The molecule has 2 amide bonds. The zero-order chi connectivity index (χ0) is 16.0. The Morgan fingerprint density at radius 3 is 2.38 bits per heavy atom. The molecule has 0 spiro atoms. The first kappa shape index (κ1) is 17.3. The first-order chi connectivity index (χ1) is 9.81. The first-order valence-electron chi connectivity index (χ1n) is 7.31. The van der Waals surface area contributed by atoms with Crippen molar-refractivity contribution in [1.29, 1.82) is 0 Å². The highest BCUT2D eigenvalue weighted by molar-refractivity contribution is 5.86. The molecule has 21 heavy (non-hydrogen) atoms. The first-order valence-corrected chi connectivity index (χ1v) is 7.31. The van der Waals surface area contributed by atoms with Crippen molar-refractivity contribution in [2.75, 3.05) is 13.1 Å². The Labute approximate surface area is 124 Å². The average molecular weight is 300 g/mol. The van der Waals surface area contributed by atoms with Crippen LogP contribution in [0.25, 0.3) is 0 Å². The number of rotatable bonds is 5. The fourth-order valence-corrected chi connectivity index (χ4v) is 2.61. The molecule has 1 aliphatic heterocycles. The number of nitrogens with zero attached hydrogens (tertiary/aromatic N) is 1. The second-order valence-electron chi connectivity index (χ2n) is 5.86. The molecule has 0 saturated carbocycles. The van der Waals surface area contributed by atoms with E-state index in [1.165, 1.54) is 0 Å². The summed E-state index contributed by atoms with van der Waals surface area (Å²) in [5, 5.41) is 19.9. The summed E-state index contributed by atoms with van der Waals surface area (Å²) in [6.07, 6.45) is 2.21. The Kier molecular flexibility index (Phi) is 6.45. The largest absolute Gasteiger partial charge is 0.481 e. The molecule has 7 heteroatoms. The Morgan fingerprint density at radius 1 is 1.19 bits per heavy atom. The molecule has 0 aromatic carbocycles. The topological polar surface area (TPSA) is 107 Å². The molecule has 0 bridgehead atoms. The molecular formula is C14H24N2O5. The number of carboxylic acids is 2. The molecular weight excluding hydrogens is 276 g/mol.